The summed E-state index contributed by atoms with van der Waals surface area (Å²) in [5, 5.41) is 4.82. The Balaban J connectivity index is 0.000000119. The van der Waals surface area contributed by atoms with Crippen molar-refractivity contribution in [2.45, 2.75) is 88.7 Å². The van der Waals surface area contributed by atoms with Crippen molar-refractivity contribution >= 4 is 99.3 Å². The summed E-state index contributed by atoms with van der Waals surface area (Å²) in [7, 11) is -2.30. The SMILES string of the molecule is CN(C)C=O.CN(C)C=O.CN(C)C=O.Cc1ccc(S(=O)(=O)N2Cc3c4c(c5ccccc5c3C2=O)[C@@]2(c3ccccc3)O[C@]4(c3ccccc3)c3ccccc32)cc1.Cc1ccc(S(=O)(=O)N2Cc3c4c(c5ccccc5c3C2=O)[C@@]2(c3ccccc3)O[C@]4(c3ccccc3)c3ccccc32)cc1.Cc1ccc(S(=O)(=O)N2Cc3c4c(c5ccccc5c3C2=O)[C@]2(c3ccccc3)O[C@@]4(c3ccccc3)c3ccccc32)cc1. The highest BCUT2D eigenvalue weighted by atomic mass is 32.2. The smallest absolute Gasteiger partial charge is 0.268 e. The largest absolute Gasteiger partial charge is 0.351 e. The van der Waals surface area contributed by atoms with Crippen LogP contribution >= 0.6 is 0 Å². The molecule has 0 aliphatic carbocycles. The summed E-state index contributed by atoms with van der Waals surface area (Å²) in [6.07, 6.45) is 2.25. The maximum atomic E-state index is 14.4. The molecule has 18 aromatic rings. The van der Waals surface area contributed by atoms with Crippen molar-refractivity contribution in [2.75, 3.05) is 42.3 Å². The topological polar surface area (TPSA) is 252 Å². The molecule has 0 radical (unpaired) electrons. The van der Waals surface area contributed by atoms with E-state index in [2.05, 4.69) is 109 Å². The van der Waals surface area contributed by atoms with Crippen LogP contribution in [0.4, 0.5) is 0 Å². The van der Waals surface area contributed by atoms with Crippen LogP contribution in [0.5, 0.6) is 0 Å². The third-order valence-corrected chi connectivity index (χ3v) is 35.0. The maximum Gasteiger partial charge on any atom is 0.268 e. The number of ether oxygens (including phenoxy) is 3. The minimum absolute atomic E-state index is 0.0808. The zero-order valence-corrected chi connectivity index (χ0v) is 85.9. The van der Waals surface area contributed by atoms with Crippen molar-refractivity contribution in [3.63, 3.8) is 0 Å². The Morgan fingerprint density at radius 2 is 0.387 bits per heavy atom. The van der Waals surface area contributed by atoms with Crippen molar-refractivity contribution in [2.24, 2.45) is 0 Å². The molecule has 6 atom stereocenters. The molecule has 0 spiro atoms. The molecule has 6 amide bonds. The molecule has 6 bridgehead atoms. The number of carbonyl (C=O) groups is 6. The predicted molar refractivity (Wildman–Crippen MR) is 576 cm³/mol. The minimum Gasteiger partial charge on any atom is -0.351 e. The van der Waals surface area contributed by atoms with Crippen molar-refractivity contribution in [1.82, 2.24) is 27.6 Å². The Hall–Kier alpha value is -16.7. The van der Waals surface area contributed by atoms with Crippen molar-refractivity contribution in [3.8, 4) is 0 Å². The number of hydrogen-bond acceptors (Lipinski definition) is 15. The lowest BCUT2D eigenvalue weighted by Gasteiger charge is -2.33. The molecule has 0 unspecified atom stereocenters. The highest BCUT2D eigenvalue weighted by Gasteiger charge is 2.71. The Morgan fingerprint density at radius 3 is 0.567 bits per heavy atom. The maximum absolute atomic E-state index is 14.4. The molecule has 0 aromatic heterocycles. The Kier molecular flexibility index (Phi) is 24.4. The number of sulfonamides is 3. The van der Waals surface area contributed by atoms with Gasteiger partial charge in [0, 0.05) is 75.7 Å². The van der Waals surface area contributed by atoms with Crippen LogP contribution in [-0.4, -0.2) is 132 Å². The summed E-state index contributed by atoms with van der Waals surface area (Å²) < 4.78 is 111. The van der Waals surface area contributed by atoms with Crippen LogP contribution in [0, 0.1) is 20.8 Å². The number of hydrogen-bond donors (Lipinski definition) is 0. The lowest BCUT2D eigenvalue weighted by molar-refractivity contribution is -0.116. The summed E-state index contributed by atoms with van der Waals surface area (Å²) in [5.41, 5.74) is 17.4. The molecule has 9 heterocycles. The molecule has 0 fully saturated rings. The van der Waals surface area contributed by atoms with E-state index in [-0.39, 0.29) is 34.3 Å². The van der Waals surface area contributed by atoms with Gasteiger partial charge in [-0.25, -0.2) is 38.2 Å². The molecule has 27 rings (SSSR count). The normalized spacial score (nSPS) is 19.7. The highest BCUT2D eigenvalue weighted by molar-refractivity contribution is 7.90. The van der Waals surface area contributed by atoms with E-state index in [1.54, 1.807) is 115 Å². The summed E-state index contributed by atoms with van der Waals surface area (Å²) in [5.74, 6) is -1.55. The van der Waals surface area contributed by atoms with Gasteiger partial charge in [0.1, 0.15) is 33.6 Å². The lowest BCUT2D eigenvalue weighted by atomic mass is 9.65. The Labute approximate surface area is 870 Å². The van der Waals surface area contributed by atoms with Gasteiger partial charge in [0.15, 0.2) is 0 Å². The van der Waals surface area contributed by atoms with E-state index in [0.717, 1.165) is 181 Å². The highest BCUT2D eigenvalue weighted by Crippen LogP contribution is 2.73. The number of carbonyl (C=O) groups excluding carboxylic acids is 6. The van der Waals surface area contributed by atoms with E-state index in [0.29, 0.717) is 33.4 Å². The van der Waals surface area contributed by atoms with Gasteiger partial charge in [0.05, 0.1) is 51.0 Å². The molecule has 0 N–H and O–H groups in total. The van der Waals surface area contributed by atoms with E-state index < -0.39 is 81.4 Å². The molecule has 0 saturated heterocycles. The van der Waals surface area contributed by atoms with Crippen molar-refractivity contribution in [1.29, 1.82) is 0 Å². The molecule has 150 heavy (non-hydrogen) atoms. The van der Waals surface area contributed by atoms with Crippen molar-refractivity contribution in [3.05, 3.63) is 551 Å². The number of fused-ring (bicyclic) bond motifs is 39. The predicted octanol–water partition coefficient (Wildman–Crippen LogP) is 21.4. The number of benzene rings is 18. The monoisotopic (exact) mass is 2030 g/mol. The fourth-order valence-electron chi connectivity index (χ4n) is 23.7. The number of amides is 6. The van der Waals surface area contributed by atoms with Gasteiger partial charge in [-0.1, -0.05) is 381 Å². The van der Waals surface area contributed by atoms with Crippen molar-refractivity contribution < 1.29 is 68.2 Å². The molecule has 9 aliphatic rings. The van der Waals surface area contributed by atoms with Gasteiger partial charge in [-0.3, -0.25) is 28.8 Å². The van der Waals surface area contributed by atoms with E-state index >= 15 is 0 Å². The van der Waals surface area contributed by atoms with E-state index in [9.17, 15) is 54.0 Å². The average molecular weight is 2040 g/mol. The second-order valence-electron chi connectivity index (χ2n) is 39.3. The number of rotatable bonds is 15. The Morgan fingerprint density at radius 1 is 0.227 bits per heavy atom. The van der Waals surface area contributed by atoms with Gasteiger partial charge in [-0.2, -0.15) is 0 Å². The molecule has 18 aromatic carbocycles. The molecule has 0 saturated carbocycles. The fraction of sp³-hybridized carbons (Fsp3) is 0.143. The summed E-state index contributed by atoms with van der Waals surface area (Å²) in [6.45, 7) is 5.47. The first-order chi connectivity index (χ1) is 72.5. The van der Waals surface area contributed by atoms with Crippen LogP contribution < -0.4 is 0 Å². The third kappa shape index (κ3) is 14.6. The van der Waals surface area contributed by atoms with Crippen LogP contribution in [-0.2, 0) is 112 Å². The quantitative estimate of drug-likeness (QED) is 0.0865. The molecule has 9 aliphatic heterocycles. The van der Waals surface area contributed by atoms with Gasteiger partial charge >= 0.3 is 0 Å². The molecular formula is C126H102N6O15S3. The first kappa shape index (κ1) is 98.0. The van der Waals surface area contributed by atoms with Gasteiger partial charge < -0.3 is 28.9 Å². The zero-order valence-electron chi connectivity index (χ0n) is 83.5. The number of aryl methyl sites for hydroxylation is 3. The van der Waals surface area contributed by atoms with E-state index in [1.807, 2.05) is 239 Å². The summed E-state index contributed by atoms with van der Waals surface area (Å²) in [6, 6.07) is 129. The zero-order chi connectivity index (χ0) is 105. The first-order valence-corrected chi connectivity index (χ1v) is 53.6. The molecule has 21 nitrogen and oxygen atoms in total. The second-order valence-corrected chi connectivity index (χ2v) is 44.9. The van der Waals surface area contributed by atoms with Gasteiger partial charge in [0.25, 0.3) is 47.8 Å². The van der Waals surface area contributed by atoms with Crippen LogP contribution in [0.1, 0.15) is 165 Å². The van der Waals surface area contributed by atoms with Crippen LogP contribution in [0.15, 0.2) is 415 Å². The van der Waals surface area contributed by atoms with Crippen LogP contribution in [0.25, 0.3) is 32.3 Å². The second kappa shape index (κ2) is 37.3. The number of nitrogens with zero attached hydrogens (tertiary/aromatic N) is 6. The van der Waals surface area contributed by atoms with Crippen LogP contribution in [0.2, 0.25) is 0 Å². The third-order valence-electron chi connectivity index (χ3n) is 29.8. The Bertz CT molecular complexity index is 8110. The first-order valence-electron chi connectivity index (χ1n) is 49.2. The van der Waals surface area contributed by atoms with Crippen LogP contribution in [0.3, 0.4) is 0 Å². The standard InChI is InChI=1S/3C39H27NO4S.3C3H7NO/c3*1-25-20-22-28(23-21-25)45(42,43)40-24-31-34(37(40)41)29-16-8-9-17-30(29)35-36(31)39(27-14-6-3-7-15-27)33-19-11-10-18-32(33)38(35,44-39)26-12-4-2-5-13-26;3*1-4(2)3-5/h3*2-23H,24H2,1H3;3*3H,1-2H3/t3*38-,39+;;;/m100.../s1. The summed E-state index contributed by atoms with van der Waals surface area (Å²) in [4.78, 5) is 76.2. The van der Waals surface area contributed by atoms with E-state index in [1.165, 1.54) is 14.7 Å². The molecular weight excluding hydrogens is 1930 g/mol. The summed E-state index contributed by atoms with van der Waals surface area (Å²) >= 11 is 0. The van der Waals surface area contributed by atoms with Gasteiger partial charge in [-0.05, 0) is 173 Å². The molecule has 24 heteroatoms. The van der Waals surface area contributed by atoms with Gasteiger partial charge in [0.2, 0.25) is 19.2 Å². The molecule has 744 valence electrons. The minimum atomic E-state index is -4.14. The average Bonchev–Trinajstić information content (AvgIpc) is 1.48. The van der Waals surface area contributed by atoms with Gasteiger partial charge in [-0.15, -0.1) is 0 Å². The lowest BCUT2D eigenvalue weighted by Crippen LogP contribution is -2.32. The van der Waals surface area contributed by atoms with E-state index in [4.69, 9.17) is 14.2 Å². The fourth-order valence-corrected chi connectivity index (χ4v) is 27.7.